The molecule has 1 aliphatic heterocycles. The highest BCUT2D eigenvalue weighted by Gasteiger charge is 2.25. The molecule has 0 bridgehead atoms. The van der Waals surface area contributed by atoms with Crippen LogP contribution in [0.4, 0.5) is 5.82 Å². The molecule has 4 aromatic heterocycles. The Morgan fingerprint density at radius 1 is 1.00 bits per heavy atom. The first kappa shape index (κ1) is 16.8. The minimum atomic E-state index is 0.121. The quantitative estimate of drug-likeness (QED) is 0.511. The molecule has 0 saturated carbocycles. The second kappa shape index (κ2) is 6.99. The van der Waals surface area contributed by atoms with Gasteiger partial charge in [-0.2, -0.15) is 4.37 Å². The van der Waals surface area contributed by atoms with Crippen LogP contribution in [-0.2, 0) is 0 Å². The van der Waals surface area contributed by atoms with Crippen LogP contribution in [0.1, 0.15) is 9.67 Å². The molecule has 1 aliphatic rings. The van der Waals surface area contributed by atoms with Crippen molar-refractivity contribution in [2.45, 2.75) is 0 Å². The van der Waals surface area contributed by atoms with E-state index in [0.29, 0.717) is 13.1 Å². The van der Waals surface area contributed by atoms with E-state index in [1.807, 2.05) is 33.9 Å². The van der Waals surface area contributed by atoms with Crippen molar-refractivity contribution in [3.63, 3.8) is 0 Å². The molecule has 4 aromatic rings. The van der Waals surface area contributed by atoms with Gasteiger partial charge in [0.25, 0.3) is 5.91 Å². The van der Waals surface area contributed by atoms with Gasteiger partial charge in [0.15, 0.2) is 5.82 Å². The Hall–Kier alpha value is -2.36. The highest BCUT2D eigenvalue weighted by Crippen LogP contribution is 2.36. The largest absolute Gasteiger partial charge is 0.352 e. The second-order valence-corrected chi connectivity index (χ2v) is 8.81. The van der Waals surface area contributed by atoms with Gasteiger partial charge in [-0.15, -0.1) is 22.7 Å². The van der Waals surface area contributed by atoms with E-state index in [-0.39, 0.29) is 5.91 Å². The predicted octanol–water partition coefficient (Wildman–Crippen LogP) is 3.84. The summed E-state index contributed by atoms with van der Waals surface area (Å²) in [6, 6.07) is 7.89. The minimum absolute atomic E-state index is 0.121. The Balaban J connectivity index is 1.38. The molecular weight excluding hydrogens is 398 g/mol. The topological polar surface area (TPSA) is 62.2 Å². The van der Waals surface area contributed by atoms with Gasteiger partial charge in [-0.1, -0.05) is 12.1 Å². The smallest absolute Gasteiger partial charge is 0.264 e. The minimum Gasteiger partial charge on any atom is -0.352 e. The van der Waals surface area contributed by atoms with Gasteiger partial charge in [0.05, 0.1) is 9.75 Å². The maximum absolute atomic E-state index is 12.5. The number of nitrogens with zero attached hydrogens (tertiary/aromatic N) is 5. The molecule has 0 N–H and O–H groups in total. The van der Waals surface area contributed by atoms with Crippen LogP contribution in [0.15, 0.2) is 41.4 Å². The Labute approximate surface area is 167 Å². The molecule has 0 atom stereocenters. The number of carbonyl (C=O) groups excluding carboxylic acids is 1. The van der Waals surface area contributed by atoms with Crippen molar-refractivity contribution in [3.8, 4) is 10.6 Å². The highest BCUT2D eigenvalue weighted by atomic mass is 32.1. The van der Waals surface area contributed by atoms with Crippen molar-refractivity contribution < 1.29 is 4.79 Å². The summed E-state index contributed by atoms with van der Waals surface area (Å²) < 4.78 is 5.64. The lowest BCUT2D eigenvalue weighted by Crippen LogP contribution is -2.48. The summed E-state index contributed by atoms with van der Waals surface area (Å²) in [5.74, 6) is 1.04. The van der Waals surface area contributed by atoms with E-state index in [1.54, 1.807) is 17.7 Å². The van der Waals surface area contributed by atoms with Crippen molar-refractivity contribution in [3.05, 3.63) is 46.2 Å². The van der Waals surface area contributed by atoms with Crippen LogP contribution in [0.5, 0.6) is 0 Å². The lowest BCUT2D eigenvalue weighted by atomic mass is 10.2. The first-order valence-corrected chi connectivity index (χ1v) is 11.1. The summed E-state index contributed by atoms with van der Waals surface area (Å²) >= 11 is 4.61. The molecule has 0 spiro atoms. The lowest BCUT2D eigenvalue weighted by molar-refractivity contribution is 0.0751. The maximum atomic E-state index is 12.5. The molecule has 0 unspecified atom stereocenters. The third-order valence-electron chi connectivity index (χ3n) is 4.59. The lowest BCUT2D eigenvalue weighted by Gasteiger charge is -2.35. The van der Waals surface area contributed by atoms with Crippen LogP contribution in [0.2, 0.25) is 0 Å². The molecule has 5 rings (SSSR count). The van der Waals surface area contributed by atoms with E-state index in [0.717, 1.165) is 44.6 Å². The fourth-order valence-corrected chi connectivity index (χ4v) is 5.56. The van der Waals surface area contributed by atoms with Crippen LogP contribution >= 0.6 is 34.2 Å². The number of rotatable bonds is 3. The third-order valence-corrected chi connectivity index (χ3v) is 7.16. The average Bonchev–Trinajstić information content (AvgIpc) is 3.48. The van der Waals surface area contributed by atoms with Gasteiger partial charge in [-0.05, 0) is 34.4 Å². The third kappa shape index (κ3) is 3.01. The van der Waals surface area contributed by atoms with Crippen LogP contribution in [0, 0.1) is 0 Å². The standard InChI is InChI=1S/C18H15N5OS3/c24-18(13-4-2-10-26-13)23-7-5-22(6-8-23)17-16-15(19-11-20-17)14(21-27-16)12-3-1-9-25-12/h1-4,9-11H,5-8H2. The van der Waals surface area contributed by atoms with Crippen LogP contribution in [0.3, 0.4) is 0 Å². The first-order chi connectivity index (χ1) is 13.3. The molecule has 1 saturated heterocycles. The summed E-state index contributed by atoms with van der Waals surface area (Å²) in [7, 11) is 0. The highest BCUT2D eigenvalue weighted by molar-refractivity contribution is 7.16. The number of amides is 1. The van der Waals surface area contributed by atoms with E-state index in [2.05, 4.69) is 25.3 Å². The summed E-state index contributed by atoms with van der Waals surface area (Å²) in [5, 5.41) is 3.99. The van der Waals surface area contributed by atoms with Crippen molar-refractivity contribution in [2.24, 2.45) is 0 Å². The second-order valence-electron chi connectivity index (χ2n) is 6.14. The van der Waals surface area contributed by atoms with Gasteiger partial charge in [0.1, 0.15) is 22.2 Å². The fraction of sp³-hybridized carbons (Fsp3) is 0.222. The number of fused-ring (bicyclic) bond motifs is 1. The van der Waals surface area contributed by atoms with E-state index < -0.39 is 0 Å². The fourth-order valence-electron chi connectivity index (χ4n) is 3.23. The number of hydrogen-bond donors (Lipinski definition) is 0. The molecular formula is C18H15N5OS3. The van der Waals surface area contributed by atoms with Crippen molar-refractivity contribution >= 4 is 56.1 Å². The Bertz CT molecular complexity index is 1070. The number of piperazine rings is 1. The van der Waals surface area contributed by atoms with Crippen LogP contribution in [0.25, 0.3) is 20.8 Å². The number of carbonyl (C=O) groups is 1. The van der Waals surface area contributed by atoms with Crippen molar-refractivity contribution in [1.29, 1.82) is 0 Å². The Morgan fingerprint density at radius 2 is 1.81 bits per heavy atom. The molecule has 0 aliphatic carbocycles. The number of thiophene rings is 2. The van der Waals surface area contributed by atoms with Gasteiger partial charge in [0, 0.05) is 26.2 Å². The zero-order valence-electron chi connectivity index (χ0n) is 14.2. The van der Waals surface area contributed by atoms with Gasteiger partial charge in [0.2, 0.25) is 0 Å². The molecule has 1 amide bonds. The summed E-state index contributed by atoms with van der Waals surface area (Å²) in [6.07, 6.45) is 1.62. The van der Waals surface area contributed by atoms with Crippen LogP contribution < -0.4 is 4.90 Å². The zero-order valence-corrected chi connectivity index (χ0v) is 16.7. The molecule has 27 heavy (non-hydrogen) atoms. The van der Waals surface area contributed by atoms with Gasteiger partial charge in [-0.3, -0.25) is 4.79 Å². The van der Waals surface area contributed by atoms with E-state index >= 15 is 0 Å². The van der Waals surface area contributed by atoms with Crippen molar-refractivity contribution in [1.82, 2.24) is 19.2 Å². The Morgan fingerprint density at radius 3 is 2.56 bits per heavy atom. The number of aromatic nitrogens is 3. The summed E-state index contributed by atoms with van der Waals surface area (Å²) in [5.41, 5.74) is 1.84. The van der Waals surface area contributed by atoms with Crippen molar-refractivity contribution in [2.75, 3.05) is 31.1 Å². The number of anilines is 1. The van der Waals surface area contributed by atoms with Crippen LogP contribution in [-0.4, -0.2) is 51.3 Å². The molecule has 1 fully saturated rings. The normalized spacial score (nSPS) is 14.8. The number of hydrogen-bond acceptors (Lipinski definition) is 8. The van der Waals surface area contributed by atoms with E-state index in [4.69, 9.17) is 0 Å². The molecule has 6 nitrogen and oxygen atoms in total. The molecule has 9 heteroatoms. The summed E-state index contributed by atoms with van der Waals surface area (Å²) in [6.45, 7) is 2.91. The Kier molecular flexibility index (Phi) is 4.35. The van der Waals surface area contributed by atoms with Gasteiger partial charge < -0.3 is 9.80 Å². The zero-order chi connectivity index (χ0) is 18.2. The van der Waals surface area contributed by atoms with E-state index in [1.165, 1.54) is 22.9 Å². The van der Waals surface area contributed by atoms with Gasteiger partial charge in [-0.25, -0.2) is 9.97 Å². The average molecular weight is 414 g/mol. The molecule has 0 radical (unpaired) electrons. The van der Waals surface area contributed by atoms with Gasteiger partial charge >= 0.3 is 0 Å². The predicted molar refractivity (Wildman–Crippen MR) is 111 cm³/mol. The SMILES string of the molecule is O=C(c1cccs1)N1CCN(c2ncnc3c(-c4cccs4)nsc23)CC1. The molecule has 136 valence electrons. The van der Waals surface area contributed by atoms with E-state index in [9.17, 15) is 4.79 Å². The molecule has 5 heterocycles. The maximum Gasteiger partial charge on any atom is 0.264 e. The molecule has 0 aromatic carbocycles. The summed E-state index contributed by atoms with van der Waals surface area (Å²) in [4.78, 5) is 27.6. The first-order valence-electron chi connectivity index (χ1n) is 8.53. The monoisotopic (exact) mass is 413 g/mol.